The Hall–Kier alpha value is -2.51. The average molecular weight is 388 g/mol. The summed E-state index contributed by atoms with van der Waals surface area (Å²) in [6.07, 6.45) is 7.00. The lowest BCUT2D eigenvalue weighted by molar-refractivity contribution is 0.556. The van der Waals surface area contributed by atoms with Gasteiger partial charge < -0.3 is 15.1 Å². The molecule has 0 aliphatic carbocycles. The first-order chi connectivity index (χ1) is 13.7. The molecule has 2 fully saturated rings. The maximum absolute atomic E-state index is 13.9. The van der Waals surface area contributed by atoms with Gasteiger partial charge in [0.05, 0.1) is 0 Å². The Balaban J connectivity index is 1.57. The summed E-state index contributed by atoms with van der Waals surface area (Å²) in [5.41, 5.74) is 0.376. The summed E-state index contributed by atoms with van der Waals surface area (Å²) in [4.78, 5) is 18.3. The number of anilines is 3. The average Bonchev–Trinajstić information content (AvgIpc) is 2.74. The highest BCUT2D eigenvalue weighted by Gasteiger charge is 2.20. The molecule has 0 atom stereocenters. The van der Waals surface area contributed by atoms with Crippen LogP contribution in [0.1, 0.15) is 44.1 Å². The first-order valence-electron chi connectivity index (χ1n) is 10.1. The fourth-order valence-electron chi connectivity index (χ4n) is 3.74. The van der Waals surface area contributed by atoms with Gasteiger partial charge in [-0.1, -0.05) is 6.07 Å². The molecular weight excluding hydrogens is 362 g/mol. The van der Waals surface area contributed by atoms with E-state index in [1.165, 1.54) is 25.0 Å². The van der Waals surface area contributed by atoms with Gasteiger partial charge in [-0.05, 0) is 44.6 Å². The van der Waals surface area contributed by atoms with E-state index in [1.807, 2.05) is 0 Å². The molecule has 1 N–H and O–H groups in total. The third-order valence-electron chi connectivity index (χ3n) is 5.34. The predicted octanol–water partition coefficient (Wildman–Crippen LogP) is 3.74. The molecule has 0 radical (unpaired) electrons. The van der Waals surface area contributed by atoms with Crippen molar-refractivity contribution in [3.63, 3.8) is 0 Å². The second kappa shape index (κ2) is 8.67. The lowest BCUT2D eigenvalue weighted by Gasteiger charge is -2.30. The Bertz CT molecular complexity index is 767. The minimum Gasteiger partial charge on any atom is -0.350 e. The van der Waals surface area contributed by atoms with E-state index in [1.54, 1.807) is 0 Å². The molecule has 150 valence electrons. The number of aromatic nitrogens is 3. The molecule has 28 heavy (non-hydrogen) atoms. The Kier molecular flexibility index (Phi) is 5.83. The first kappa shape index (κ1) is 18.8. The Labute approximate surface area is 164 Å². The molecule has 1 aromatic heterocycles. The quantitative estimate of drug-likeness (QED) is 0.842. The molecule has 2 aromatic rings. The van der Waals surface area contributed by atoms with E-state index >= 15 is 0 Å². The molecule has 0 bridgehead atoms. The molecule has 6 nitrogen and oxygen atoms in total. The van der Waals surface area contributed by atoms with Gasteiger partial charge in [0.2, 0.25) is 17.8 Å². The number of nitrogens with one attached hydrogen (secondary N) is 1. The Morgan fingerprint density at radius 2 is 1.36 bits per heavy atom. The van der Waals surface area contributed by atoms with Crippen LogP contribution in [0.4, 0.5) is 26.6 Å². The van der Waals surface area contributed by atoms with E-state index in [9.17, 15) is 8.78 Å². The molecule has 1 aromatic carbocycles. The fraction of sp³-hybridized carbons (Fsp3) is 0.550. The van der Waals surface area contributed by atoms with Crippen molar-refractivity contribution in [3.8, 4) is 0 Å². The van der Waals surface area contributed by atoms with E-state index in [4.69, 9.17) is 4.98 Å². The molecule has 2 aliphatic rings. The van der Waals surface area contributed by atoms with Gasteiger partial charge >= 0.3 is 0 Å². The van der Waals surface area contributed by atoms with E-state index in [0.717, 1.165) is 57.9 Å². The third-order valence-corrected chi connectivity index (χ3v) is 5.34. The zero-order valence-electron chi connectivity index (χ0n) is 16.0. The molecule has 0 unspecified atom stereocenters. The zero-order chi connectivity index (χ0) is 19.3. The lowest BCUT2D eigenvalue weighted by Crippen LogP contribution is -2.34. The normalized spacial score (nSPS) is 17.6. The van der Waals surface area contributed by atoms with Crippen LogP contribution < -0.4 is 15.1 Å². The van der Waals surface area contributed by atoms with Crippen LogP contribution in [0.3, 0.4) is 0 Å². The smallest absolute Gasteiger partial charge is 0.231 e. The van der Waals surface area contributed by atoms with Crippen molar-refractivity contribution in [2.24, 2.45) is 0 Å². The second-order valence-corrected chi connectivity index (χ2v) is 7.44. The molecule has 0 amide bonds. The third kappa shape index (κ3) is 4.48. The van der Waals surface area contributed by atoms with Crippen LogP contribution in [0.25, 0.3) is 0 Å². The fourth-order valence-corrected chi connectivity index (χ4v) is 3.74. The molecule has 2 aliphatic heterocycles. The van der Waals surface area contributed by atoms with Crippen LogP contribution in [0.5, 0.6) is 0 Å². The van der Waals surface area contributed by atoms with Crippen LogP contribution >= 0.6 is 0 Å². The van der Waals surface area contributed by atoms with Crippen molar-refractivity contribution in [1.82, 2.24) is 15.0 Å². The maximum Gasteiger partial charge on any atom is 0.231 e. The highest BCUT2D eigenvalue weighted by molar-refractivity contribution is 5.46. The van der Waals surface area contributed by atoms with Crippen molar-refractivity contribution in [1.29, 1.82) is 0 Å². The number of hydrogen-bond acceptors (Lipinski definition) is 6. The van der Waals surface area contributed by atoms with E-state index in [2.05, 4.69) is 25.1 Å². The van der Waals surface area contributed by atoms with Gasteiger partial charge in [-0.15, -0.1) is 0 Å². The topological polar surface area (TPSA) is 57.2 Å². The summed E-state index contributed by atoms with van der Waals surface area (Å²) in [7, 11) is 0. The number of rotatable bonds is 5. The van der Waals surface area contributed by atoms with Gasteiger partial charge in [-0.25, -0.2) is 8.78 Å². The van der Waals surface area contributed by atoms with Gasteiger partial charge in [0.25, 0.3) is 0 Å². The minimum atomic E-state index is -0.582. The second-order valence-electron chi connectivity index (χ2n) is 7.44. The van der Waals surface area contributed by atoms with E-state index < -0.39 is 11.6 Å². The standard InChI is InChI=1S/C20H26F2N6/c21-16-8-7-15(17(22)13-16)14-23-18-24-19(27-9-3-1-4-10-27)26-20(25-18)28-11-5-2-6-12-28/h7-8,13H,1-6,9-12,14H2,(H,23,24,25,26). The lowest BCUT2D eigenvalue weighted by atomic mass is 10.1. The van der Waals surface area contributed by atoms with Crippen molar-refractivity contribution in [2.45, 2.75) is 45.1 Å². The highest BCUT2D eigenvalue weighted by Crippen LogP contribution is 2.23. The summed E-state index contributed by atoms with van der Waals surface area (Å²) in [5, 5.41) is 3.10. The van der Waals surface area contributed by atoms with Crippen LogP contribution in [0.2, 0.25) is 0 Å². The van der Waals surface area contributed by atoms with Crippen molar-refractivity contribution >= 4 is 17.8 Å². The Morgan fingerprint density at radius 1 is 0.786 bits per heavy atom. The SMILES string of the molecule is Fc1ccc(CNc2nc(N3CCCCC3)nc(N3CCCCC3)n2)c(F)c1. The highest BCUT2D eigenvalue weighted by atomic mass is 19.1. The molecule has 0 saturated carbocycles. The van der Waals surface area contributed by atoms with Gasteiger partial charge in [0.15, 0.2) is 0 Å². The molecule has 3 heterocycles. The van der Waals surface area contributed by atoms with Crippen LogP contribution in [0, 0.1) is 11.6 Å². The van der Waals surface area contributed by atoms with Gasteiger partial charge in [-0.3, -0.25) is 0 Å². The Morgan fingerprint density at radius 3 is 1.89 bits per heavy atom. The van der Waals surface area contributed by atoms with Crippen molar-refractivity contribution in [2.75, 3.05) is 41.3 Å². The summed E-state index contributed by atoms with van der Waals surface area (Å²) in [6.45, 7) is 3.95. The van der Waals surface area contributed by atoms with E-state index in [-0.39, 0.29) is 6.54 Å². The first-order valence-corrected chi connectivity index (χ1v) is 10.1. The number of hydrogen-bond donors (Lipinski definition) is 1. The largest absolute Gasteiger partial charge is 0.350 e. The van der Waals surface area contributed by atoms with Crippen molar-refractivity contribution in [3.05, 3.63) is 35.4 Å². The number of nitrogens with zero attached hydrogens (tertiary/aromatic N) is 5. The molecule has 4 rings (SSSR count). The van der Waals surface area contributed by atoms with Gasteiger partial charge in [0.1, 0.15) is 11.6 Å². The molecule has 2 saturated heterocycles. The van der Waals surface area contributed by atoms with Crippen molar-refractivity contribution < 1.29 is 8.78 Å². The zero-order valence-corrected chi connectivity index (χ0v) is 16.0. The van der Waals surface area contributed by atoms with Gasteiger partial charge in [0, 0.05) is 44.4 Å². The summed E-state index contributed by atoms with van der Waals surface area (Å²) in [6, 6.07) is 3.59. The van der Waals surface area contributed by atoms with Gasteiger partial charge in [-0.2, -0.15) is 15.0 Å². The summed E-state index contributed by atoms with van der Waals surface area (Å²) < 4.78 is 27.1. The molecule has 8 heteroatoms. The van der Waals surface area contributed by atoms with E-state index in [0.29, 0.717) is 23.4 Å². The maximum atomic E-state index is 13.9. The summed E-state index contributed by atoms with van der Waals surface area (Å²) >= 11 is 0. The molecule has 0 spiro atoms. The number of piperidine rings is 2. The minimum absolute atomic E-state index is 0.189. The van der Waals surface area contributed by atoms with Crippen LogP contribution in [-0.2, 0) is 6.54 Å². The number of benzene rings is 1. The monoisotopic (exact) mass is 388 g/mol. The molecular formula is C20H26F2N6. The van der Waals surface area contributed by atoms with Crippen LogP contribution in [0.15, 0.2) is 18.2 Å². The summed E-state index contributed by atoms with van der Waals surface area (Å²) in [5.74, 6) is 0.629. The van der Waals surface area contributed by atoms with Crippen LogP contribution in [-0.4, -0.2) is 41.1 Å². The number of halogens is 2. The predicted molar refractivity (Wildman–Crippen MR) is 106 cm³/mol.